The van der Waals surface area contributed by atoms with Crippen LogP contribution >= 0.6 is 11.6 Å². The Morgan fingerprint density at radius 3 is 2.65 bits per heavy atom. The molecule has 1 aromatic heterocycles. The first kappa shape index (κ1) is 11.7. The highest BCUT2D eigenvalue weighted by Gasteiger charge is 2.03. The molecule has 0 aliphatic rings. The predicted molar refractivity (Wildman–Crippen MR) is 68.6 cm³/mol. The minimum Gasteiger partial charge on any atom is -0.506 e. The summed E-state index contributed by atoms with van der Waals surface area (Å²) in [5, 5.41) is 10.1. The van der Waals surface area contributed by atoms with Crippen molar-refractivity contribution in [2.75, 3.05) is 0 Å². The van der Waals surface area contributed by atoms with E-state index in [2.05, 4.69) is 4.99 Å². The Morgan fingerprint density at radius 2 is 2.06 bits per heavy atom. The first-order valence-corrected chi connectivity index (χ1v) is 5.53. The topological polar surface area (TPSA) is 45.7 Å². The number of phenols is 1. The minimum atomic E-state index is 0.0617. The van der Waals surface area contributed by atoms with Crippen LogP contribution in [0.3, 0.4) is 0 Å². The number of halogens is 1. The molecule has 0 saturated heterocycles. The Kier molecular flexibility index (Phi) is 3.20. The monoisotopic (exact) mass is 249 g/mol. The first-order chi connectivity index (χ1) is 8.06. The average Bonchev–Trinajstić information content (AvgIpc) is 2.56. The van der Waals surface area contributed by atoms with E-state index >= 15 is 0 Å². The van der Waals surface area contributed by atoms with Crippen LogP contribution in [0.5, 0.6) is 5.75 Å². The highest BCUT2D eigenvalue weighted by atomic mass is 35.5. The molecule has 1 aromatic carbocycles. The van der Waals surface area contributed by atoms with Crippen molar-refractivity contribution >= 4 is 23.5 Å². The SMILES string of the molecule is Cc1cc(C=Nc2ccc(Cl)cc2O)c(C)o1. The second kappa shape index (κ2) is 4.63. The molecule has 0 amide bonds. The van der Waals surface area contributed by atoms with Crippen LogP contribution in [-0.4, -0.2) is 11.3 Å². The fourth-order valence-corrected chi connectivity index (χ4v) is 1.69. The van der Waals surface area contributed by atoms with Gasteiger partial charge in [0.2, 0.25) is 0 Å². The summed E-state index contributed by atoms with van der Waals surface area (Å²) >= 11 is 5.74. The highest BCUT2D eigenvalue weighted by Crippen LogP contribution is 2.29. The molecule has 2 rings (SSSR count). The Bertz CT molecular complexity index is 573. The molecule has 17 heavy (non-hydrogen) atoms. The number of rotatable bonds is 2. The second-order valence-electron chi connectivity index (χ2n) is 3.76. The van der Waals surface area contributed by atoms with Gasteiger partial charge in [-0.2, -0.15) is 0 Å². The van der Waals surface area contributed by atoms with Gasteiger partial charge in [-0.1, -0.05) is 11.6 Å². The second-order valence-corrected chi connectivity index (χ2v) is 4.20. The van der Waals surface area contributed by atoms with Gasteiger partial charge in [0.1, 0.15) is 23.0 Å². The zero-order valence-electron chi connectivity index (χ0n) is 9.57. The standard InChI is InChI=1S/C13H12ClNO2/c1-8-5-10(9(2)17-8)7-15-12-4-3-11(14)6-13(12)16/h3-7,16H,1-2H3. The third-order valence-electron chi connectivity index (χ3n) is 2.36. The van der Waals surface area contributed by atoms with Crippen LogP contribution in [0.4, 0.5) is 5.69 Å². The van der Waals surface area contributed by atoms with Crippen molar-refractivity contribution < 1.29 is 9.52 Å². The molecule has 0 aliphatic carbocycles. The zero-order valence-corrected chi connectivity index (χ0v) is 10.3. The molecule has 0 radical (unpaired) electrons. The van der Waals surface area contributed by atoms with E-state index in [1.54, 1.807) is 18.3 Å². The van der Waals surface area contributed by atoms with Crippen LogP contribution in [0.1, 0.15) is 17.1 Å². The number of benzene rings is 1. The minimum absolute atomic E-state index is 0.0617. The van der Waals surface area contributed by atoms with Gasteiger partial charge in [-0.25, -0.2) is 0 Å². The number of hydrogen-bond donors (Lipinski definition) is 1. The van der Waals surface area contributed by atoms with Crippen LogP contribution < -0.4 is 0 Å². The molecule has 0 aliphatic heterocycles. The number of aliphatic imine (C=N–C) groups is 1. The fourth-order valence-electron chi connectivity index (χ4n) is 1.52. The Hall–Kier alpha value is -1.74. The van der Waals surface area contributed by atoms with Crippen molar-refractivity contribution in [2.24, 2.45) is 4.99 Å². The van der Waals surface area contributed by atoms with Gasteiger partial charge in [0, 0.05) is 22.9 Å². The first-order valence-electron chi connectivity index (χ1n) is 5.16. The van der Waals surface area contributed by atoms with E-state index < -0.39 is 0 Å². The predicted octanol–water partition coefficient (Wildman–Crippen LogP) is 4.01. The maximum atomic E-state index is 9.62. The molecule has 88 valence electrons. The number of phenolic OH excluding ortho intramolecular Hbond substituents is 1. The Morgan fingerprint density at radius 1 is 1.29 bits per heavy atom. The van der Waals surface area contributed by atoms with Gasteiger partial charge in [0.25, 0.3) is 0 Å². The number of hydrogen-bond acceptors (Lipinski definition) is 3. The van der Waals surface area contributed by atoms with Gasteiger partial charge in [0.15, 0.2) is 0 Å². The molecule has 0 spiro atoms. The van der Waals surface area contributed by atoms with E-state index in [-0.39, 0.29) is 5.75 Å². The van der Waals surface area contributed by atoms with Gasteiger partial charge in [0.05, 0.1) is 0 Å². The normalized spacial score (nSPS) is 11.2. The van der Waals surface area contributed by atoms with E-state index in [4.69, 9.17) is 16.0 Å². The summed E-state index contributed by atoms with van der Waals surface area (Å²) in [6.07, 6.45) is 1.66. The zero-order chi connectivity index (χ0) is 12.4. The Balaban J connectivity index is 2.29. The van der Waals surface area contributed by atoms with Crippen molar-refractivity contribution in [3.63, 3.8) is 0 Å². The van der Waals surface area contributed by atoms with E-state index in [0.717, 1.165) is 17.1 Å². The fraction of sp³-hybridized carbons (Fsp3) is 0.154. The maximum Gasteiger partial charge on any atom is 0.142 e. The lowest BCUT2D eigenvalue weighted by atomic mass is 10.2. The number of aromatic hydroxyl groups is 1. The van der Waals surface area contributed by atoms with Crippen LogP contribution in [0.25, 0.3) is 0 Å². The molecule has 0 unspecified atom stereocenters. The third-order valence-corrected chi connectivity index (χ3v) is 2.59. The number of furan rings is 1. The van der Waals surface area contributed by atoms with Gasteiger partial charge in [-0.3, -0.25) is 4.99 Å². The van der Waals surface area contributed by atoms with Crippen LogP contribution in [0.2, 0.25) is 5.02 Å². The summed E-state index contributed by atoms with van der Waals surface area (Å²) in [6, 6.07) is 6.70. The molecular formula is C13H12ClNO2. The summed E-state index contributed by atoms with van der Waals surface area (Å²) in [4.78, 5) is 4.20. The lowest BCUT2D eigenvalue weighted by Crippen LogP contribution is -1.79. The van der Waals surface area contributed by atoms with Crippen molar-refractivity contribution in [1.82, 2.24) is 0 Å². The molecule has 3 nitrogen and oxygen atoms in total. The van der Waals surface area contributed by atoms with Crippen molar-refractivity contribution in [2.45, 2.75) is 13.8 Å². The smallest absolute Gasteiger partial charge is 0.142 e. The summed E-state index contributed by atoms with van der Waals surface area (Å²) in [5.41, 5.74) is 1.38. The van der Waals surface area contributed by atoms with Gasteiger partial charge in [-0.05, 0) is 32.0 Å². The summed E-state index contributed by atoms with van der Waals surface area (Å²) in [6.45, 7) is 3.75. The number of nitrogens with zero attached hydrogens (tertiary/aromatic N) is 1. The van der Waals surface area contributed by atoms with Crippen LogP contribution in [0, 0.1) is 13.8 Å². The van der Waals surface area contributed by atoms with Gasteiger partial charge >= 0.3 is 0 Å². The van der Waals surface area contributed by atoms with Gasteiger partial charge < -0.3 is 9.52 Å². The largest absolute Gasteiger partial charge is 0.506 e. The third kappa shape index (κ3) is 2.68. The molecular weight excluding hydrogens is 238 g/mol. The molecule has 4 heteroatoms. The van der Waals surface area contributed by atoms with E-state index in [1.165, 1.54) is 6.07 Å². The van der Waals surface area contributed by atoms with Crippen LogP contribution in [-0.2, 0) is 0 Å². The molecule has 0 atom stereocenters. The molecule has 1 N–H and O–H groups in total. The summed E-state index contributed by atoms with van der Waals surface area (Å²) < 4.78 is 5.38. The van der Waals surface area contributed by atoms with Crippen LogP contribution in [0.15, 0.2) is 33.7 Å². The molecule has 0 bridgehead atoms. The molecule has 2 aromatic rings. The van der Waals surface area contributed by atoms with E-state index in [1.807, 2.05) is 19.9 Å². The number of aryl methyl sites for hydroxylation is 2. The van der Waals surface area contributed by atoms with Crippen molar-refractivity contribution in [3.8, 4) is 5.75 Å². The molecule has 0 saturated carbocycles. The Labute approximate surface area is 104 Å². The van der Waals surface area contributed by atoms with E-state index in [9.17, 15) is 5.11 Å². The maximum absolute atomic E-state index is 9.62. The summed E-state index contributed by atoms with van der Waals surface area (Å²) in [5.74, 6) is 1.70. The highest BCUT2D eigenvalue weighted by molar-refractivity contribution is 6.30. The van der Waals surface area contributed by atoms with Crippen molar-refractivity contribution in [3.05, 3.63) is 46.4 Å². The lowest BCUT2D eigenvalue weighted by Gasteiger charge is -1.98. The molecule has 1 heterocycles. The lowest BCUT2D eigenvalue weighted by molar-refractivity contribution is 0.477. The van der Waals surface area contributed by atoms with Crippen molar-refractivity contribution in [1.29, 1.82) is 0 Å². The molecule has 0 fully saturated rings. The van der Waals surface area contributed by atoms with E-state index in [0.29, 0.717) is 10.7 Å². The quantitative estimate of drug-likeness (QED) is 0.818. The average molecular weight is 250 g/mol. The van der Waals surface area contributed by atoms with Gasteiger partial charge in [-0.15, -0.1) is 0 Å². The summed E-state index contributed by atoms with van der Waals surface area (Å²) in [7, 11) is 0.